The first-order chi connectivity index (χ1) is 17.8. The van der Waals surface area contributed by atoms with Gasteiger partial charge in [0, 0.05) is 29.6 Å². The predicted molar refractivity (Wildman–Crippen MR) is 149 cm³/mol. The molecule has 0 spiro atoms. The van der Waals surface area contributed by atoms with E-state index in [0.717, 1.165) is 45.3 Å². The van der Waals surface area contributed by atoms with Gasteiger partial charge in [0.25, 0.3) is 0 Å². The molecule has 1 saturated heterocycles. The van der Waals surface area contributed by atoms with Crippen molar-refractivity contribution in [3.8, 4) is 0 Å². The molecule has 1 amide bonds. The number of hydrogen-bond donors (Lipinski definition) is 3. The molecule has 0 radical (unpaired) electrons. The van der Waals surface area contributed by atoms with Gasteiger partial charge in [-0.15, -0.1) is 0 Å². The largest absolute Gasteiger partial charge is 0.369 e. The van der Waals surface area contributed by atoms with Crippen LogP contribution >= 0.6 is 34.8 Å². The van der Waals surface area contributed by atoms with E-state index >= 15 is 0 Å². The summed E-state index contributed by atoms with van der Waals surface area (Å²) in [6, 6.07) is 3.63. The Hall–Kier alpha value is -2.33. The van der Waals surface area contributed by atoms with Crippen LogP contribution in [0.3, 0.4) is 0 Å². The number of benzene rings is 1. The highest BCUT2D eigenvalue weighted by Gasteiger charge is 2.30. The Labute approximate surface area is 231 Å². The molecule has 2 aromatic heterocycles. The molecule has 12 heteroatoms. The van der Waals surface area contributed by atoms with E-state index in [1.165, 1.54) is 0 Å². The number of fused-ring (bicyclic) bond motifs is 1. The molecule has 2 aliphatic rings. The summed E-state index contributed by atoms with van der Waals surface area (Å²) in [5, 5.41) is 8.07. The number of rotatable bonds is 7. The van der Waals surface area contributed by atoms with Crippen molar-refractivity contribution in [1.82, 2.24) is 24.4 Å². The number of primary amides is 1. The molecule has 2 fully saturated rings. The lowest BCUT2D eigenvalue weighted by Gasteiger charge is -2.32. The number of hydrogen-bond acceptors (Lipinski definition) is 7. The summed E-state index contributed by atoms with van der Waals surface area (Å²) < 4.78 is 2.08. The van der Waals surface area contributed by atoms with Gasteiger partial charge in [0.1, 0.15) is 5.52 Å². The number of piperidine rings is 1. The Bertz CT molecular complexity index is 1270. The van der Waals surface area contributed by atoms with Crippen molar-refractivity contribution in [2.24, 2.45) is 11.7 Å². The first-order valence-corrected chi connectivity index (χ1v) is 13.9. The Morgan fingerprint density at radius 1 is 1.11 bits per heavy atom. The fraction of sp³-hybridized carbons (Fsp3) is 0.520. The van der Waals surface area contributed by atoms with Crippen LogP contribution < -0.4 is 16.4 Å². The third-order valence-corrected chi connectivity index (χ3v) is 8.24. The topological polar surface area (TPSA) is 114 Å². The second kappa shape index (κ2) is 11.2. The zero-order chi connectivity index (χ0) is 26.1. The number of nitrogens with one attached hydrogen (secondary N) is 2. The minimum atomic E-state index is -0.241. The van der Waals surface area contributed by atoms with Crippen molar-refractivity contribution in [2.45, 2.75) is 57.5 Å². The molecule has 198 valence electrons. The van der Waals surface area contributed by atoms with Gasteiger partial charge in [-0.05, 0) is 63.7 Å². The van der Waals surface area contributed by atoms with Crippen LogP contribution in [0.25, 0.3) is 11.2 Å². The van der Waals surface area contributed by atoms with Crippen LogP contribution in [0.5, 0.6) is 0 Å². The van der Waals surface area contributed by atoms with Crippen LogP contribution in [0, 0.1) is 5.92 Å². The highest BCUT2D eigenvalue weighted by molar-refractivity contribution is 6.41. The highest BCUT2D eigenvalue weighted by Crippen LogP contribution is 2.40. The molecule has 0 unspecified atom stereocenters. The van der Waals surface area contributed by atoms with Crippen LogP contribution in [0.2, 0.25) is 15.1 Å². The Morgan fingerprint density at radius 3 is 2.51 bits per heavy atom. The number of likely N-dealkylation sites (tertiary alicyclic amines) is 1. The number of amides is 1. The lowest BCUT2D eigenvalue weighted by atomic mass is 9.85. The predicted octanol–water partition coefficient (Wildman–Crippen LogP) is 5.64. The van der Waals surface area contributed by atoms with Crippen molar-refractivity contribution < 1.29 is 4.79 Å². The maximum atomic E-state index is 11.8. The summed E-state index contributed by atoms with van der Waals surface area (Å²) in [5.74, 6) is 0.790. The lowest BCUT2D eigenvalue weighted by molar-refractivity contribution is -0.122. The van der Waals surface area contributed by atoms with Gasteiger partial charge >= 0.3 is 0 Å². The van der Waals surface area contributed by atoms with E-state index in [1.54, 1.807) is 18.3 Å². The highest BCUT2D eigenvalue weighted by atomic mass is 35.5. The number of nitrogens with two attached hydrogens (primary N) is 1. The minimum Gasteiger partial charge on any atom is -0.369 e. The average Bonchev–Trinajstić information content (AvgIpc) is 3.23. The maximum absolute atomic E-state index is 11.8. The van der Waals surface area contributed by atoms with E-state index in [0.29, 0.717) is 56.7 Å². The molecule has 1 aliphatic heterocycles. The normalized spacial score (nSPS) is 22.8. The summed E-state index contributed by atoms with van der Waals surface area (Å²) >= 11 is 19.1. The van der Waals surface area contributed by atoms with Crippen LogP contribution in [-0.4, -0.2) is 56.0 Å². The second-order valence-electron chi connectivity index (χ2n) is 9.86. The number of likely N-dealkylation sites (N-methyl/N-ethyl adjacent to an activating group) is 1. The summed E-state index contributed by atoms with van der Waals surface area (Å²) in [6.07, 6.45) is 6.94. The third kappa shape index (κ3) is 5.74. The van der Waals surface area contributed by atoms with Gasteiger partial charge in [-0.1, -0.05) is 41.7 Å². The first-order valence-electron chi connectivity index (χ1n) is 12.8. The quantitative estimate of drug-likeness (QED) is 0.339. The molecule has 3 aromatic rings. The van der Waals surface area contributed by atoms with E-state index in [-0.39, 0.29) is 23.9 Å². The van der Waals surface area contributed by atoms with E-state index in [1.807, 2.05) is 0 Å². The Balaban J connectivity index is 1.50. The van der Waals surface area contributed by atoms with E-state index in [4.69, 9.17) is 50.5 Å². The summed E-state index contributed by atoms with van der Waals surface area (Å²) in [5.41, 5.74) is 7.47. The Kier molecular flexibility index (Phi) is 7.95. The third-order valence-electron chi connectivity index (χ3n) is 7.43. The molecule has 1 aromatic carbocycles. The van der Waals surface area contributed by atoms with Crippen molar-refractivity contribution in [3.63, 3.8) is 0 Å². The molecule has 4 N–H and O–H groups in total. The molecule has 1 aliphatic carbocycles. The summed E-state index contributed by atoms with van der Waals surface area (Å²) in [6.45, 7) is 5.31. The Morgan fingerprint density at radius 2 is 1.84 bits per heavy atom. The number of carbonyl (C=O) groups is 1. The fourth-order valence-electron chi connectivity index (χ4n) is 5.43. The van der Waals surface area contributed by atoms with Crippen molar-refractivity contribution in [2.75, 3.05) is 30.3 Å². The number of anilines is 3. The van der Waals surface area contributed by atoms with Crippen LogP contribution in [0.4, 0.5) is 17.6 Å². The van der Waals surface area contributed by atoms with Crippen molar-refractivity contribution in [1.29, 1.82) is 0 Å². The van der Waals surface area contributed by atoms with Gasteiger partial charge in [-0.3, -0.25) is 9.36 Å². The number of aromatic nitrogens is 4. The molecule has 1 atom stereocenters. The fourth-order valence-corrected chi connectivity index (χ4v) is 6.34. The van der Waals surface area contributed by atoms with Gasteiger partial charge < -0.3 is 21.3 Å². The number of nitrogens with zero attached hydrogens (tertiary/aromatic N) is 5. The second-order valence-corrected chi connectivity index (χ2v) is 11.1. The summed E-state index contributed by atoms with van der Waals surface area (Å²) in [7, 11) is 0. The molecule has 0 bridgehead atoms. The molecule has 3 heterocycles. The van der Waals surface area contributed by atoms with Gasteiger partial charge in [-0.25, -0.2) is 9.97 Å². The number of halogens is 3. The zero-order valence-corrected chi connectivity index (χ0v) is 23.0. The van der Waals surface area contributed by atoms with Crippen LogP contribution in [0.1, 0.15) is 51.5 Å². The standard InChI is InChI=1S/C25H31Cl3N8O/c1-2-35-9-3-4-16(13-35)31-24-30-12-20-23(34-24)36(17-7-5-14(6-8-17)22(29)37)25(32-20)33-21-18(27)10-15(26)11-19(21)28/h10-12,14,16-17H,2-9,13H2,1H3,(H2,29,37)(H,32,33)(H,30,31,34)/t14-,16-,17-/m1/s1. The van der Waals surface area contributed by atoms with Gasteiger partial charge in [0.05, 0.1) is 21.9 Å². The minimum absolute atomic E-state index is 0.0703. The van der Waals surface area contributed by atoms with Crippen LogP contribution in [0.15, 0.2) is 18.3 Å². The smallest absolute Gasteiger partial charge is 0.225 e. The van der Waals surface area contributed by atoms with E-state index in [2.05, 4.69) is 32.0 Å². The average molecular weight is 566 g/mol. The van der Waals surface area contributed by atoms with Gasteiger partial charge in [-0.2, -0.15) is 4.98 Å². The lowest BCUT2D eigenvalue weighted by Crippen LogP contribution is -2.42. The van der Waals surface area contributed by atoms with Gasteiger partial charge in [0.15, 0.2) is 5.65 Å². The molecular weight excluding hydrogens is 535 g/mol. The van der Waals surface area contributed by atoms with Crippen molar-refractivity contribution in [3.05, 3.63) is 33.4 Å². The van der Waals surface area contributed by atoms with Gasteiger partial charge in [0.2, 0.25) is 17.8 Å². The first kappa shape index (κ1) is 26.3. The van der Waals surface area contributed by atoms with E-state index in [9.17, 15) is 4.79 Å². The molecule has 1 saturated carbocycles. The van der Waals surface area contributed by atoms with Crippen LogP contribution in [-0.2, 0) is 4.79 Å². The molecule has 37 heavy (non-hydrogen) atoms. The molecule has 9 nitrogen and oxygen atoms in total. The SMILES string of the molecule is CCN1CCC[C@@H](Nc2ncc3nc(Nc4c(Cl)cc(Cl)cc4Cl)n([C@H]4CC[C@H](C(N)=O)CC4)c3n2)C1. The van der Waals surface area contributed by atoms with Crippen molar-refractivity contribution >= 4 is 69.5 Å². The zero-order valence-electron chi connectivity index (χ0n) is 20.7. The monoisotopic (exact) mass is 564 g/mol. The number of carbonyl (C=O) groups excluding carboxylic acids is 1. The summed E-state index contributed by atoms with van der Waals surface area (Å²) in [4.78, 5) is 28.5. The van der Waals surface area contributed by atoms with E-state index < -0.39 is 0 Å². The number of imidazole rings is 1. The molecular formula is C25H31Cl3N8O. The molecule has 5 rings (SSSR count). The maximum Gasteiger partial charge on any atom is 0.225 e.